The van der Waals surface area contributed by atoms with Crippen molar-refractivity contribution in [2.45, 2.75) is 25.0 Å². The Hall–Kier alpha value is -0.780. The number of likely N-dealkylation sites (N-methyl/N-ethyl adjacent to an activating group) is 1. The average molecular weight is 285 g/mol. The summed E-state index contributed by atoms with van der Waals surface area (Å²) in [5, 5.41) is 10.1. The third-order valence-corrected chi connectivity index (χ3v) is 5.09. The Labute approximate surface area is 115 Å². The molecule has 1 heterocycles. The van der Waals surface area contributed by atoms with Gasteiger partial charge in [0.2, 0.25) is 0 Å². The Balaban J connectivity index is 1.93. The summed E-state index contributed by atoms with van der Waals surface area (Å²) in [7, 11) is 1.25. The van der Waals surface area contributed by atoms with Gasteiger partial charge in [-0.05, 0) is 26.0 Å². The smallest absolute Gasteiger partial charge is 0.129 e. The number of hydrogen-bond acceptors (Lipinski definition) is 3. The molecule has 1 saturated heterocycles. The van der Waals surface area contributed by atoms with E-state index in [-0.39, 0.29) is 5.82 Å². The first-order valence-electron chi connectivity index (χ1n) is 6.55. The van der Waals surface area contributed by atoms with Crippen molar-refractivity contribution < 1.29 is 13.7 Å². The second kappa shape index (κ2) is 6.59. The first-order chi connectivity index (χ1) is 9.08. The predicted octanol–water partition coefficient (Wildman–Crippen LogP) is 1.70. The van der Waals surface area contributed by atoms with Crippen molar-refractivity contribution in [3.8, 4) is 0 Å². The fraction of sp³-hybridized carbons (Fsp3) is 0.571. The van der Waals surface area contributed by atoms with Crippen LogP contribution in [-0.4, -0.2) is 45.4 Å². The number of rotatable bonds is 4. The van der Waals surface area contributed by atoms with E-state index < -0.39 is 16.9 Å². The highest BCUT2D eigenvalue weighted by atomic mass is 32.2. The van der Waals surface area contributed by atoms with Gasteiger partial charge in [0.1, 0.15) is 5.82 Å². The number of hydrogen-bond donors (Lipinski definition) is 1. The second-order valence-corrected chi connectivity index (χ2v) is 6.75. The lowest BCUT2D eigenvalue weighted by Crippen LogP contribution is -2.39. The van der Waals surface area contributed by atoms with Gasteiger partial charge in [0.05, 0.1) is 6.10 Å². The molecule has 5 heteroatoms. The average Bonchev–Trinajstić information content (AvgIpc) is 2.39. The monoisotopic (exact) mass is 285 g/mol. The van der Waals surface area contributed by atoms with Gasteiger partial charge < -0.3 is 10.0 Å². The highest BCUT2D eigenvalue weighted by Crippen LogP contribution is 2.21. The molecule has 0 bridgehead atoms. The van der Waals surface area contributed by atoms with E-state index in [2.05, 4.69) is 0 Å². The van der Waals surface area contributed by atoms with Gasteiger partial charge in [-0.2, -0.15) is 0 Å². The normalized spacial score (nSPS) is 25.5. The number of aliphatic hydroxyl groups excluding tert-OH is 1. The van der Waals surface area contributed by atoms with Crippen molar-refractivity contribution in [1.29, 1.82) is 0 Å². The molecule has 19 heavy (non-hydrogen) atoms. The van der Waals surface area contributed by atoms with Crippen LogP contribution in [0.15, 0.2) is 24.3 Å². The summed E-state index contributed by atoms with van der Waals surface area (Å²) in [6.07, 6.45) is 0.943. The van der Waals surface area contributed by atoms with Gasteiger partial charge in [-0.15, -0.1) is 0 Å². The van der Waals surface area contributed by atoms with Crippen LogP contribution >= 0.6 is 0 Å². The van der Waals surface area contributed by atoms with E-state index in [0.29, 0.717) is 18.2 Å². The molecule has 0 saturated carbocycles. The zero-order chi connectivity index (χ0) is 13.8. The molecule has 0 aromatic heterocycles. The van der Waals surface area contributed by atoms with E-state index in [4.69, 9.17) is 0 Å². The zero-order valence-corrected chi connectivity index (χ0v) is 11.9. The first kappa shape index (κ1) is 14.6. The van der Waals surface area contributed by atoms with Gasteiger partial charge in [-0.3, -0.25) is 4.21 Å². The quantitative estimate of drug-likeness (QED) is 0.915. The highest BCUT2D eigenvalue weighted by molar-refractivity contribution is 7.85. The topological polar surface area (TPSA) is 40.5 Å². The molecule has 106 valence electrons. The summed E-state index contributed by atoms with van der Waals surface area (Å²) in [6.45, 7) is 0.401. The second-order valence-electron chi connectivity index (χ2n) is 5.06. The fourth-order valence-electron chi connectivity index (χ4n) is 2.49. The third-order valence-electron chi connectivity index (χ3n) is 3.71. The maximum Gasteiger partial charge on any atom is 0.129 e. The summed E-state index contributed by atoms with van der Waals surface area (Å²) in [4.78, 5) is 2.05. The summed E-state index contributed by atoms with van der Waals surface area (Å²) in [5.74, 6) is 1.09. The molecule has 1 aliphatic heterocycles. The Morgan fingerprint density at radius 2 is 2.05 bits per heavy atom. The van der Waals surface area contributed by atoms with Crippen LogP contribution in [0.1, 0.15) is 24.5 Å². The molecule has 1 N–H and O–H groups in total. The van der Waals surface area contributed by atoms with Crippen molar-refractivity contribution >= 4 is 10.8 Å². The number of aliphatic hydroxyl groups is 1. The molecule has 1 fully saturated rings. The molecular weight excluding hydrogens is 265 g/mol. The molecule has 1 aromatic carbocycles. The SMILES string of the molecule is CN(CC(O)c1ccccc1F)C1CCS(=O)CC1. The van der Waals surface area contributed by atoms with E-state index in [0.717, 1.165) is 24.3 Å². The van der Waals surface area contributed by atoms with E-state index in [1.165, 1.54) is 6.07 Å². The van der Waals surface area contributed by atoms with Gasteiger partial charge in [-0.25, -0.2) is 4.39 Å². The van der Waals surface area contributed by atoms with Crippen LogP contribution in [0.4, 0.5) is 4.39 Å². The Morgan fingerprint density at radius 1 is 1.42 bits per heavy atom. The Morgan fingerprint density at radius 3 is 2.68 bits per heavy atom. The van der Waals surface area contributed by atoms with Gasteiger partial charge in [-0.1, -0.05) is 18.2 Å². The standard InChI is InChI=1S/C14H20FNO2S/c1-16(11-6-8-19(18)9-7-11)10-14(17)12-4-2-3-5-13(12)15/h2-5,11,14,17H,6-10H2,1H3. The van der Waals surface area contributed by atoms with Crippen LogP contribution < -0.4 is 0 Å². The van der Waals surface area contributed by atoms with Gasteiger partial charge in [0.25, 0.3) is 0 Å². The van der Waals surface area contributed by atoms with Crippen molar-refractivity contribution in [1.82, 2.24) is 4.90 Å². The maximum absolute atomic E-state index is 13.6. The molecule has 1 unspecified atom stereocenters. The number of nitrogens with zero attached hydrogens (tertiary/aromatic N) is 1. The Bertz CT molecular complexity index is 445. The fourth-order valence-corrected chi connectivity index (χ4v) is 3.76. The van der Waals surface area contributed by atoms with E-state index in [1.54, 1.807) is 18.2 Å². The van der Waals surface area contributed by atoms with Crippen molar-refractivity contribution in [2.24, 2.45) is 0 Å². The van der Waals surface area contributed by atoms with Crippen molar-refractivity contribution in [3.63, 3.8) is 0 Å². The van der Waals surface area contributed by atoms with Gasteiger partial charge in [0, 0.05) is 40.5 Å². The maximum atomic E-state index is 13.6. The van der Waals surface area contributed by atoms with Crippen molar-refractivity contribution in [3.05, 3.63) is 35.6 Å². The lowest BCUT2D eigenvalue weighted by atomic mass is 10.1. The van der Waals surface area contributed by atoms with E-state index >= 15 is 0 Å². The molecule has 0 aliphatic carbocycles. The molecule has 2 rings (SSSR count). The minimum atomic E-state index is -0.821. The van der Waals surface area contributed by atoms with Crippen LogP contribution in [0.3, 0.4) is 0 Å². The highest BCUT2D eigenvalue weighted by Gasteiger charge is 2.24. The summed E-state index contributed by atoms with van der Waals surface area (Å²) in [5.41, 5.74) is 0.341. The van der Waals surface area contributed by atoms with Crippen molar-refractivity contribution in [2.75, 3.05) is 25.1 Å². The van der Waals surface area contributed by atoms with Crippen LogP contribution in [-0.2, 0) is 10.8 Å². The third kappa shape index (κ3) is 3.84. The van der Waals surface area contributed by atoms with Gasteiger partial charge in [0.15, 0.2) is 0 Å². The molecule has 1 aromatic rings. The van der Waals surface area contributed by atoms with Crippen LogP contribution in [0, 0.1) is 5.82 Å². The van der Waals surface area contributed by atoms with E-state index in [9.17, 15) is 13.7 Å². The van der Waals surface area contributed by atoms with E-state index in [1.807, 2.05) is 11.9 Å². The van der Waals surface area contributed by atoms with Gasteiger partial charge >= 0.3 is 0 Å². The first-order valence-corrected chi connectivity index (χ1v) is 8.04. The number of halogens is 1. The molecule has 1 atom stereocenters. The lowest BCUT2D eigenvalue weighted by molar-refractivity contribution is 0.0983. The largest absolute Gasteiger partial charge is 0.387 e. The summed E-state index contributed by atoms with van der Waals surface area (Å²) < 4.78 is 24.9. The van der Waals surface area contributed by atoms with Crippen LogP contribution in [0.25, 0.3) is 0 Å². The Kier molecular flexibility index (Phi) is 5.07. The predicted molar refractivity (Wildman–Crippen MR) is 74.9 cm³/mol. The summed E-state index contributed by atoms with van der Waals surface area (Å²) >= 11 is 0. The number of benzene rings is 1. The van der Waals surface area contributed by atoms with Crippen LogP contribution in [0.2, 0.25) is 0 Å². The minimum Gasteiger partial charge on any atom is -0.387 e. The zero-order valence-electron chi connectivity index (χ0n) is 11.1. The molecule has 0 amide bonds. The molecule has 0 spiro atoms. The molecule has 3 nitrogen and oxygen atoms in total. The summed E-state index contributed by atoms with van der Waals surface area (Å²) in [6, 6.07) is 6.66. The molecular formula is C14H20FNO2S. The molecule has 0 radical (unpaired) electrons. The molecule has 1 aliphatic rings. The van der Waals surface area contributed by atoms with Crippen LogP contribution in [0.5, 0.6) is 0 Å². The minimum absolute atomic E-state index is 0.333. The lowest BCUT2D eigenvalue weighted by Gasteiger charge is -2.32.